The van der Waals surface area contributed by atoms with Crippen LogP contribution < -0.4 is 16.0 Å². The molecule has 1 fully saturated rings. The molecule has 3 unspecified atom stereocenters. The topological polar surface area (TPSA) is 177 Å². The van der Waals surface area contributed by atoms with Crippen molar-refractivity contribution in [2.45, 2.75) is 24.2 Å². The van der Waals surface area contributed by atoms with Gasteiger partial charge in [-0.1, -0.05) is 18.2 Å². The van der Waals surface area contributed by atoms with E-state index in [0.29, 0.717) is 29.0 Å². The standard InChI is InChI=1S/C28H28N4O6S/c1-32(2)17-11-16(31-28(38)39-14-6-4-3-5-7-14)24(34)21-15(17)9-12-8-13-10-18(33)22(27(30)37)23(29)19(13)25(35)20(12)26(21)36/h3-7,11-13,19,29,33-34,36H,8-10H2,1-2H3,(H2,30,37)(H,31,38). The number of nitrogens with two attached hydrogens (primary N) is 1. The summed E-state index contributed by atoms with van der Waals surface area (Å²) in [5.41, 5.74) is 6.11. The maximum atomic E-state index is 13.7. The van der Waals surface area contributed by atoms with Crippen molar-refractivity contribution in [2.75, 3.05) is 24.3 Å². The van der Waals surface area contributed by atoms with Gasteiger partial charge in [0.05, 0.1) is 28.5 Å². The summed E-state index contributed by atoms with van der Waals surface area (Å²) in [5.74, 6) is -4.49. The number of hydrogen-bond acceptors (Lipinski definition) is 9. The second kappa shape index (κ2) is 9.81. The van der Waals surface area contributed by atoms with E-state index in [-0.39, 0.29) is 46.0 Å². The number of primary amides is 1. The first kappa shape index (κ1) is 26.4. The summed E-state index contributed by atoms with van der Waals surface area (Å²) >= 11 is 0.944. The Morgan fingerprint density at radius 3 is 2.46 bits per heavy atom. The van der Waals surface area contributed by atoms with Crippen LogP contribution in [-0.2, 0) is 16.0 Å². The van der Waals surface area contributed by atoms with Crippen molar-refractivity contribution in [3.63, 3.8) is 0 Å². The molecule has 0 aromatic heterocycles. The second-order valence-electron chi connectivity index (χ2n) is 10.2. The zero-order valence-corrected chi connectivity index (χ0v) is 22.1. The number of phenolic OH excluding ortho intramolecular Hbond substituents is 1. The van der Waals surface area contributed by atoms with Gasteiger partial charge in [-0.05, 0) is 60.2 Å². The zero-order chi connectivity index (χ0) is 28.2. The van der Waals surface area contributed by atoms with Crippen LogP contribution in [0.4, 0.5) is 16.2 Å². The van der Waals surface area contributed by atoms with Crippen molar-refractivity contribution in [3.05, 3.63) is 64.4 Å². The van der Waals surface area contributed by atoms with Crippen LogP contribution in [0.3, 0.4) is 0 Å². The Hall–Kier alpha value is -4.25. The molecule has 0 heterocycles. The van der Waals surface area contributed by atoms with Crippen LogP contribution in [-0.4, -0.2) is 52.1 Å². The minimum atomic E-state index is -1.04. The molecule has 202 valence electrons. The van der Waals surface area contributed by atoms with Crippen molar-refractivity contribution < 1.29 is 29.7 Å². The average Bonchev–Trinajstić information content (AvgIpc) is 2.85. The third kappa shape index (κ3) is 4.42. The van der Waals surface area contributed by atoms with Crippen LogP contribution in [0.5, 0.6) is 5.75 Å². The van der Waals surface area contributed by atoms with Crippen LogP contribution in [0.25, 0.3) is 5.76 Å². The van der Waals surface area contributed by atoms with Crippen LogP contribution in [0.15, 0.2) is 58.2 Å². The quantitative estimate of drug-likeness (QED) is 0.244. The van der Waals surface area contributed by atoms with E-state index < -0.39 is 40.4 Å². The Balaban J connectivity index is 1.56. The summed E-state index contributed by atoms with van der Waals surface area (Å²) in [6, 6.07) is 10.6. The van der Waals surface area contributed by atoms with Crippen molar-refractivity contribution in [3.8, 4) is 5.75 Å². The molecule has 39 heavy (non-hydrogen) atoms. The van der Waals surface area contributed by atoms with Gasteiger partial charge in [-0.2, -0.15) is 0 Å². The van der Waals surface area contributed by atoms with E-state index in [1.54, 1.807) is 49.3 Å². The third-order valence-electron chi connectivity index (χ3n) is 7.58. The summed E-state index contributed by atoms with van der Waals surface area (Å²) in [4.78, 5) is 40.9. The fourth-order valence-electron chi connectivity index (χ4n) is 5.97. The third-order valence-corrected chi connectivity index (χ3v) is 8.38. The second-order valence-corrected chi connectivity index (χ2v) is 11.2. The molecule has 2 amide bonds. The average molecular weight is 549 g/mol. The molecular formula is C28H28N4O6S. The summed E-state index contributed by atoms with van der Waals surface area (Å²) in [6.07, 6.45) is 0.732. The lowest BCUT2D eigenvalue weighted by Crippen LogP contribution is -2.46. The van der Waals surface area contributed by atoms with Crippen LogP contribution in [0.2, 0.25) is 0 Å². The summed E-state index contributed by atoms with van der Waals surface area (Å²) < 4.78 is 0. The minimum Gasteiger partial charge on any atom is -0.511 e. The number of ketones is 1. The van der Waals surface area contributed by atoms with Gasteiger partial charge >= 0.3 is 0 Å². The molecule has 1 saturated carbocycles. The highest BCUT2D eigenvalue weighted by molar-refractivity contribution is 8.13. The zero-order valence-electron chi connectivity index (χ0n) is 21.3. The number of allylic oxidation sites excluding steroid dienone is 2. The maximum absolute atomic E-state index is 13.7. The number of hydrogen-bond donors (Lipinski definition) is 6. The lowest BCUT2D eigenvalue weighted by Gasteiger charge is -2.42. The van der Waals surface area contributed by atoms with Crippen LogP contribution in [0.1, 0.15) is 24.0 Å². The van der Waals surface area contributed by atoms with Gasteiger partial charge in [0.15, 0.2) is 11.5 Å². The highest BCUT2D eigenvalue weighted by Gasteiger charge is 2.50. The maximum Gasteiger partial charge on any atom is 0.288 e. The van der Waals surface area contributed by atoms with Gasteiger partial charge in [0, 0.05) is 36.7 Å². The number of amides is 2. The van der Waals surface area contributed by atoms with Gasteiger partial charge in [0.2, 0.25) is 0 Å². The molecule has 0 spiro atoms. The van der Waals surface area contributed by atoms with E-state index in [1.165, 1.54) is 0 Å². The van der Waals surface area contributed by atoms with Crippen LogP contribution >= 0.6 is 11.8 Å². The van der Waals surface area contributed by atoms with Gasteiger partial charge in [0.1, 0.15) is 11.5 Å². The number of nitrogens with zero attached hydrogens (tertiary/aromatic N) is 1. The van der Waals surface area contributed by atoms with E-state index in [9.17, 15) is 29.7 Å². The summed E-state index contributed by atoms with van der Waals surface area (Å²) in [6.45, 7) is 0. The molecule has 3 aliphatic rings. The monoisotopic (exact) mass is 548 g/mol. The highest BCUT2D eigenvalue weighted by atomic mass is 32.2. The normalized spacial score (nSPS) is 22.2. The van der Waals surface area contributed by atoms with E-state index in [1.807, 2.05) is 6.07 Å². The van der Waals surface area contributed by atoms with E-state index in [4.69, 9.17) is 11.1 Å². The number of Topliss-reactive ketones (excluding diaryl/α,β-unsaturated/α-hetero) is 1. The van der Waals surface area contributed by atoms with Crippen molar-refractivity contribution in [2.24, 2.45) is 23.5 Å². The first-order chi connectivity index (χ1) is 18.5. The summed E-state index contributed by atoms with van der Waals surface area (Å²) in [7, 11) is 3.60. The van der Waals surface area contributed by atoms with Gasteiger partial charge < -0.3 is 36.7 Å². The van der Waals surface area contributed by atoms with Gasteiger partial charge in [-0.25, -0.2) is 0 Å². The number of phenols is 1. The first-order valence-corrected chi connectivity index (χ1v) is 13.2. The number of benzene rings is 2. The lowest BCUT2D eigenvalue weighted by atomic mass is 9.61. The molecular weight excluding hydrogens is 520 g/mol. The van der Waals surface area contributed by atoms with Crippen molar-refractivity contribution >= 4 is 51.5 Å². The highest BCUT2D eigenvalue weighted by Crippen LogP contribution is 2.52. The molecule has 11 heteroatoms. The Labute approximate surface area is 228 Å². The number of thioether (sulfide) groups is 1. The molecule has 10 nitrogen and oxygen atoms in total. The van der Waals surface area contributed by atoms with Crippen molar-refractivity contribution in [1.29, 1.82) is 5.41 Å². The molecule has 2 aromatic rings. The number of aliphatic hydroxyl groups is 2. The SMILES string of the molecule is CN(C)c1cc(NC(=O)Sc2ccccc2)c(O)c2c1CC1CC3CC(O)=C(C(N)=O)C(=N)C3C(=O)C1=C2O. The summed E-state index contributed by atoms with van der Waals surface area (Å²) in [5, 5.41) is 43.8. The Kier molecular flexibility index (Phi) is 6.63. The van der Waals surface area contributed by atoms with E-state index in [2.05, 4.69) is 5.32 Å². The largest absolute Gasteiger partial charge is 0.511 e. The Morgan fingerprint density at radius 1 is 1.13 bits per heavy atom. The Morgan fingerprint density at radius 2 is 1.82 bits per heavy atom. The first-order valence-electron chi connectivity index (χ1n) is 12.4. The van der Waals surface area contributed by atoms with E-state index in [0.717, 1.165) is 11.8 Å². The van der Waals surface area contributed by atoms with Crippen LogP contribution in [0, 0.1) is 23.2 Å². The molecule has 0 aliphatic heterocycles. The number of aromatic hydroxyl groups is 1. The predicted octanol–water partition coefficient (Wildman–Crippen LogP) is 4.15. The number of rotatable bonds is 4. The van der Waals surface area contributed by atoms with Gasteiger partial charge in [0.25, 0.3) is 11.1 Å². The molecule has 7 N–H and O–H groups in total. The number of carbonyl (C=O) groups excluding carboxylic acids is 3. The van der Waals surface area contributed by atoms with E-state index >= 15 is 0 Å². The van der Waals surface area contributed by atoms with Crippen molar-refractivity contribution in [1.82, 2.24) is 0 Å². The number of nitrogens with one attached hydrogen (secondary N) is 2. The number of carbonyl (C=O) groups is 3. The molecule has 0 radical (unpaired) electrons. The fourth-order valence-corrected chi connectivity index (χ4v) is 6.64. The molecule has 0 bridgehead atoms. The number of fused-ring (bicyclic) bond motifs is 3. The smallest absolute Gasteiger partial charge is 0.288 e. The number of anilines is 2. The molecule has 5 rings (SSSR count). The molecule has 3 aliphatic carbocycles. The minimum absolute atomic E-state index is 0.0320. The molecule has 2 aromatic carbocycles. The molecule has 0 saturated heterocycles. The fraction of sp³-hybridized carbons (Fsp3) is 0.286. The lowest BCUT2D eigenvalue weighted by molar-refractivity contribution is -0.121. The molecule has 3 atom stereocenters. The number of aliphatic hydroxyl groups excluding tert-OH is 2. The Bertz CT molecular complexity index is 1500. The van der Waals surface area contributed by atoms with Gasteiger partial charge in [-0.3, -0.25) is 14.4 Å². The predicted molar refractivity (Wildman–Crippen MR) is 148 cm³/mol. The van der Waals surface area contributed by atoms with Gasteiger partial charge in [-0.15, -0.1) is 0 Å².